The summed E-state index contributed by atoms with van der Waals surface area (Å²) in [6.45, 7) is 1.15. The Morgan fingerprint density at radius 2 is 2.29 bits per heavy atom. The van der Waals surface area contributed by atoms with Crippen LogP contribution in [-0.2, 0) is 16.1 Å². The van der Waals surface area contributed by atoms with Gasteiger partial charge in [-0.25, -0.2) is 0 Å². The molecule has 122 valence electrons. The van der Waals surface area contributed by atoms with Crippen LogP contribution in [0.3, 0.4) is 0 Å². The van der Waals surface area contributed by atoms with Gasteiger partial charge < -0.3 is 10.1 Å². The van der Waals surface area contributed by atoms with E-state index in [1.807, 2.05) is 12.1 Å². The van der Waals surface area contributed by atoms with Crippen molar-refractivity contribution < 1.29 is 9.53 Å². The molecule has 2 atom stereocenters. The van der Waals surface area contributed by atoms with Gasteiger partial charge in [-0.15, -0.1) is 11.3 Å². The van der Waals surface area contributed by atoms with Crippen molar-refractivity contribution in [3.05, 3.63) is 65.3 Å². The van der Waals surface area contributed by atoms with Gasteiger partial charge >= 0.3 is 0 Å². The molecule has 24 heavy (non-hydrogen) atoms. The van der Waals surface area contributed by atoms with Crippen LogP contribution in [0.1, 0.15) is 23.7 Å². The maximum Gasteiger partial charge on any atom is 0.226 e. The first-order chi connectivity index (χ1) is 11.8. The lowest BCUT2D eigenvalue weighted by atomic mass is 9.95. The number of rotatable bonds is 4. The van der Waals surface area contributed by atoms with E-state index in [1.165, 1.54) is 10.1 Å². The van der Waals surface area contributed by atoms with Crippen LogP contribution in [0.5, 0.6) is 0 Å². The number of aromatic nitrogens is 1. The molecule has 1 saturated heterocycles. The molecule has 3 aromatic rings. The topological polar surface area (TPSA) is 51.2 Å². The number of pyridine rings is 1. The lowest BCUT2D eigenvalue weighted by Gasteiger charge is -2.18. The number of benzene rings is 1. The Labute approximate surface area is 144 Å². The average Bonchev–Trinajstić information content (AvgIpc) is 3.29. The standard InChI is InChI=1S/C19H18N2O2S/c22-19(16-5-8-23-18(16)15-2-1-7-20-12-15)21-11-13-3-4-17-14(10-13)6-9-24-17/h1-4,6-7,9-10,12,16,18H,5,8,11H2,(H,21,22)/t16-,18+/m0/s1. The highest BCUT2D eigenvalue weighted by molar-refractivity contribution is 7.17. The number of hydrogen-bond acceptors (Lipinski definition) is 4. The predicted molar refractivity (Wildman–Crippen MR) is 94.7 cm³/mol. The Balaban J connectivity index is 1.43. The van der Waals surface area contributed by atoms with Crippen molar-refractivity contribution in [1.82, 2.24) is 10.3 Å². The summed E-state index contributed by atoms with van der Waals surface area (Å²) in [5.74, 6) is -0.106. The number of carbonyl (C=O) groups excluding carboxylic acids is 1. The van der Waals surface area contributed by atoms with Gasteiger partial charge in [-0.3, -0.25) is 9.78 Å². The highest BCUT2D eigenvalue weighted by Gasteiger charge is 2.35. The second-order valence-electron chi connectivity index (χ2n) is 5.98. The van der Waals surface area contributed by atoms with Crippen LogP contribution in [0.25, 0.3) is 10.1 Å². The minimum Gasteiger partial charge on any atom is -0.373 e. The average molecular weight is 338 g/mol. The first-order valence-electron chi connectivity index (χ1n) is 8.06. The van der Waals surface area contributed by atoms with Crippen LogP contribution < -0.4 is 5.32 Å². The van der Waals surface area contributed by atoms with Crippen molar-refractivity contribution in [2.75, 3.05) is 6.61 Å². The zero-order valence-electron chi connectivity index (χ0n) is 13.1. The fraction of sp³-hybridized carbons (Fsp3) is 0.263. The lowest BCUT2D eigenvalue weighted by molar-refractivity contribution is -0.126. The summed E-state index contributed by atoms with van der Waals surface area (Å²) < 4.78 is 7.04. The number of thiophene rings is 1. The normalized spacial score (nSPS) is 20.3. The fourth-order valence-electron chi connectivity index (χ4n) is 3.18. The summed E-state index contributed by atoms with van der Waals surface area (Å²) in [6.07, 6.45) is 4.06. The van der Waals surface area contributed by atoms with Crippen LogP contribution in [0.2, 0.25) is 0 Å². The minimum atomic E-state index is -0.196. The van der Waals surface area contributed by atoms with Crippen LogP contribution in [-0.4, -0.2) is 17.5 Å². The molecule has 0 spiro atoms. The van der Waals surface area contributed by atoms with Gasteiger partial charge in [0.05, 0.1) is 12.0 Å². The summed E-state index contributed by atoms with van der Waals surface area (Å²) in [6, 6.07) is 12.3. The van der Waals surface area contributed by atoms with Gasteiger partial charge in [0.1, 0.15) is 0 Å². The number of ether oxygens (including phenoxy) is 1. The highest BCUT2D eigenvalue weighted by atomic mass is 32.1. The molecule has 0 bridgehead atoms. The molecule has 1 aliphatic heterocycles. The number of nitrogens with zero attached hydrogens (tertiary/aromatic N) is 1. The van der Waals surface area contributed by atoms with Crippen molar-refractivity contribution in [2.24, 2.45) is 5.92 Å². The smallest absolute Gasteiger partial charge is 0.226 e. The molecule has 1 aliphatic rings. The van der Waals surface area contributed by atoms with Crippen molar-refractivity contribution in [3.8, 4) is 0 Å². The molecular formula is C19H18N2O2S. The van der Waals surface area contributed by atoms with E-state index in [1.54, 1.807) is 23.7 Å². The third-order valence-electron chi connectivity index (χ3n) is 4.42. The Morgan fingerprint density at radius 3 is 3.17 bits per heavy atom. The zero-order chi connectivity index (χ0) is 16.4. The van der Waals surface area contributed by atoms with E-state index < -0.39 is 0 Å². The highest BCUT2D eigenvalue weighted by Crippen LogP contribution is 2.34. The van der Waals surface area contributed by atoms with E-state index in [0.29, 0.717) is 13.2 Å². The predicted octanol–water partition coefficient (Wildman–Crippen LogP) is 3.69. The molecule has 3 heterocycles. The summed E-state index contributed by atoms with van der Waals surface area (Å²) in [7, 11) is 0. The minimum absolute atomic E-state index is 0.0479. The molecule has 1 fully saturated rings. The van der Waals surface area contributed by atoms with Gasteiger partial charge in [-0.1, -0.05) is 12.1 Å². The zero-order valence-corrected chi connectivity index (χ0v) is 14.0. The molecule has 0 unspecified atom stereocenters. The number of fused-ring (bicyclic) bond motifs is 1. The first kappa shape index (κ1) is 15.3. The van der Waals surface area contributed by atoms with Crippen molar-refractivity contribution in [3.63, 3.8) is 0 Å². The van der Waals surface area contributed by atoms with E-state index in [9.17, 15) is 4.79 Å². The van der Waals surface area contributed by atoms with E-state index in [0.717, 1.165) is 17.5 Å². The van der Waals surface area contributed by atoms with Gasteiger partial charge in [0, 0.05) is 30.2 Å². The van der Waals surface area contributed by atoms with E-state index >= 15 is 0 Å². The van der Waals surface area contributed by atoms with Gasteiger partial charge in [0.2, 0.25) is 5.91 Å². The fourth-order valence-corrected chi connectivity index (χ4v) is 3.95. The molecular weight excluding hydrogens is 320 g/mol. The van der Waals surface area contributed by atoms with Crippen LogP contribution in [0.15, 0.2) is 54.2 Å². The summed E-state index contributed by atoms with van der Waals surface area (Å²) in [5.41, 5.74) is 2.08. The number of amides is 1. The number of hydrogen-bond donors (Lipinski definition) is 1. The van der Waals surface area contributed by atoms with E-state index in [-0.39, 0.29) is 17.9 Å². The molecule has 0 aliphatic carbocycles. The quantitative estimate of drug-likeness (QED) is 0.789. The summed E-state index contributed by atoms with van der Waals surface area (Å²) in [5, 5.41) is 6.37. The van der Waals surface area contributed by atoms with Crippen molar-refractivity contribution in [1.29, 1.82) is 0 Å². The van der Waals surface area contributed by atoms with Crippen LogP contribution in [0, 0.1) is 5.92 Å². The van der Waals surface area contributed by atoms with Gasteiger partial charge in [0.25, 0.3) is 0 Å². The van der Waals surface area contributed by atoms with Crippen LogP contribution in [0.4, 0.5) is 0 Å². The second-order valence-corrected chi connectivity index (χ2v) is 6.93. The molecule has 4 rings (SSSR count). The Bertz CT molecular complexity index is 847. The van der Waals surface area contributed by atoms with Crippen molar-refractivity contribution in [2.45, 2.75) is 19.1 Å². The van der Waals surface area contributed by atoms with Gasteiger partial charge in [-0.2, -0.15) is 0 Å². The maximum absolute atomic E-state index is 12.6. The molecule has 1 N–H and O–H groups in total. The monoisotopic (exact) mass is 338 g/mol. The SMILES string of the molecule is O=C(NCc1ccc2sccc2c1)[C@H]1CCO[C@@H]1c1cccnc1. The van der Waals surface area contributed by atoms with Gasteiger partial charge in [0.15, 0.2) is 0 Å². The summed E-state index contributed by atoms with van der Waals surface area (Å²) in [4.78, 5) is 16.7. The molecule has 4 nitrogen and oxygen atoms in total. The molecule has 1 aromatic carbocycles. The third kappa shape index (κ3) is 3.05. The van der Waals surface area contributed by atoms with Gasteiger partial charge in [-0.05, 0) is 52.6 Å². The maximum atomic E-state index is 12.6. The lowest BCUT2D eigenvalue weighted by Crippen LogP contribution is -2.31. The largest absolute Gasteiger partial charge is 0.373 e. The molecule has 0 radical (unpaired) electrons. The van der Waals surface area contributed by atoms with E-state index in [4.69, 9.17) is 4.74 Å². The Hall–Kier alpha value is -2.24. The van der Waals surface area contributed by atoms with E-state index in [2.05, 4.69) is 39.9 Å². The molecule has 5 heteroatoms. The van der Waals surface area contributed by atoms with Crippen molar-refractivity contribution >= 4 is 27.3 Å². The number of carbonyl (C=O) groups is 1. The number of nitrogens with one attached hydrogen (secondary N) is 1. The first-order valence-corrected chi connectivity index (χ1v) is 8.94. The van der Waals surface area contributed by atoms with Crippen LogP contribution >= 0.6 is 11.3 Å². The molecule has 1 amide bonds. The molecule has 2 aromatic heterocycles. The Morgan fingerprint density at radius 1 is 1.33 bits per heavy atom. The summed E-state index contributed by atoms with van der Waals surface area (Å²) >= 11 is 1.73. The molecule has 0 saturated carbocycles. The Kier molecular flexibility index (Phi) is 4.28. The third-order valence-corrected chi connectivity index (χ3v) is 5.32. The second kappa shape index (κ2) is 6.71.